The molecule has 7 nitrogen and oxygen atoms in total. The maximum absolute atomic E-state index is 12.3. The number of carbonyl (C=O) groups excluding carboxylic acids is 1. The highest BCUT2D eigenvalue weighted by atomic mass is 35.5. The molecule has 1 amide bonds. The molecule has 8 heteroatoms. The molecule has 0 saturated carbocycles. The van der Waals surface area contributed by atoms with E-state index >= 15 is 0 Å². The van der Waals surface area contributed by atoms with Crippen molar-refractivity contribution >= 4 is 23.3 Å². The van der Waals surface area contributed by atoms with Crippen molar-refractivity contribution in [1.82, 2.24) is 15.3 Å². The molecular weight excluding hydrogens is 342 g/mol. The summed E-state index contributed by atoms with van der Waals surface area (Å²) >= 11 is 5.83. The molecule has 0 spiro atoms. The number of hydrogen-bond donors (Lipinski definition) is 2. The van der Waals surface area contributed by atoms with Crippen LogP contribution in [0, 0.1) is 11.3 Å². The van der Waals surface area contributed by atoms with Crippen LogP contribution in [0.3, 0.4) is 0 Å². The Morgan fingerprint density at radius 1 is 1.44 bits per heavy atom. The molecule has 1 fully saturated rings. The van der Waals surface area contributed by atoms with Crippen molar-refractivity contribution in [3.8, 4) is 6.07 Å². The minimum absolute atomic E-state index is 0.00595. The average Bonchev–Trinajstić information content (AvgIpc) is 2.64. The number of nitriles is 1. The molecule has 0 bridgehead atoms. The van der Waals surface area contributed by atoms with E-state index in [1.807, 2.05) is 4.90 Å². The lowest BCUT2D eigenvalue weighted by molar-refractivity contribution is 0.0929. The fraction of sp³-hybridized carbons (Fsp3) is 0.294. The Morgan fingerprint density at radius 3 is 2.92 bits per heavy atom. The van der Waals surface area contributed by atoms with Gasteiger partial charge in [-0.2, -0.15) is 5.26 Å². The first-order valence-electron chi connectivity index (χ1n) is 7.87. The topological polar surface area (TPSA) is 102 Å². The number of aromatic nitrogens is 2. The van der Waals surface area contributed by atoms with Crippen LogP contribution in [0.4, 0.5) is 5.82 Å². The predicted molar refractivity (Wildman–Crippen MR) is 93.7 cm³/mol. The highest BCUT2D eigenvalue weighted by Crippen LogP contribution is 2.21. The third-order valence-corrected chi connectivity index (χ3v) is 4.37. The van der Waals surface area contributed by atoms with E-state index in [1.165, 1.54) is 12.3 Å². The van der Waals surface area contributed by atoms with Crippen LogP contribution >= 0.6 is 11.6 Å². The number of nitrogens with one attached hydrogen (secondary N) is 2. The maximum Gasteiger partial charge on any atom is 0.260 e. The number of piperidine rings is 1. The SMILES string of the molecule is N#Cc1cccnc1N1CCC(NC(=O)c2cc(Cl)c[nH]c2=O)CC1. The zero-order chi connectivity index (χ0) is 17.8. The minimum atomic E-state index is -0.466. The standard InChI is InChI=1S/C17H16ClN5O2/c18-12-8-14(16(24)21-10-12)17(25)22-13-3-6-23(7-4-13)15-11(9-19)2-1-5-20-15/h1-2,5,8,10,13H,3-4,6-7H2,(H,21,24)(H,22,25). The normalized spacial score (nSPS) is 14.8. The number of aromatic amines is 1. The van der Waals surface area contributed by atoms with Gasteiger partial charge in [-0.05, 0) is 31.0 Å². The molecule has 1 aliphatic heterocycles. The molecule has 1 saturated heterocycles. The van der Waals surface area contributed by atoms with Crippen molar-refractivity contribution in [2.45, 2.75) is 18.9 Å². The Morgan fingerprint density at radius 2 is 2.20 bits per heavy atom. The highest BCUT2D eigenvalue weighted by Gasteiger charge is 2.24. The van der Waals surface area contributed by atoms with Gasteiger partial charge in [0.25, 0.3) is 11.5 Å². The smallest absolute Gasteiger partial charge is 0.260 e. The van der Waals surface area contributed by atoms with Crippen molar-refractivity contribution in [1.29, 1.82) is 5.26 Å². The quantitative estimate of drug-likeness (QED) is 0.870. The van der Waals surface area contributed by atoms with Crippen molar-refractivity contribution < 1.29 is 4.79 Å². The van der Waals surface area contributed by atoms with Gasteiger partial charge in [0, 0.05) is 31.5 Å². The maximum atomic E-state index is 12.3. The van der Waals surface area contributed by atoms with Gasteiger partial charge in [0.15, 0.2) is 0 Å². The summed E-state index contributed by atoms with van der Waals surface area (Å²) in [6.45, 7) is 1.34. The largest absolute Gasteiger partial charge is 0.355 e. The third kappa shape index (κ3) is 3.80. The molecule has 2 N–H and O–H groups in total. The number of anilines is 1. The summed E-state index contributed by atoms with van der Waals surface area (Å²) < 4.78 is 0. The number of rotatable bonds is 3. The molecule has 0 aromatic carbocycles. The van der Waals surface area contributed by atoms with Crippen molar-refractivity contribution in [3.63, 3.8) is 0 Å². The summed E-state index contributed by atoms with van der Waals surface area (Å²) in [4.78, 5) is 32.8. The monoisotopic (exact) mass is 357 g/mol. The molecular formula is C17H16ClN5O2. The van der Waals surface area contributed by atoms with Gasteiger partial charge in [0.1, 0.15) is 17.5 Å². The van der Waals surface area contributed by atoms with Gasteiger partial charge in [0.05, 0.1) is 10.6 Å². The first kappa shape index (κ1) is 17.0. The lowest BCUT2D eigenvalue weighted by Gasteiger charge is -2.33. The average molecular weight is 358 g/mol. The second kappa shape index (κ2) is 7.36. The zero-order valence-corrected chi connectivity index (χ0v) is 14.1. The van der Waals surface area contributed by atoms with Gasteiger partial charge in [-0.25, -0.2) is 4.98 Å². The van der Waals surface area contributed by atoms with Crippen LogP contribution < -0.4 is 15.8 Å². The molecule has 0 radical (unpaired) electrons. The molecule has 0 aliphatic carbocycles. The lowest BCUT2D eigenvalue weighted by Crippen LogP contribution is -2.46. The van der Waals surface area contributed by atoms with Crippen molar-refractivity contribution in [2.24, 2.45) is 0 Å². The molecule has 128 valence electrons. The summed E-state index contributed by atoms with van der Waals surface area (Å²) in [5.41, 5.74) is 0.0772. The van der Waals surface area contributed by atoms with E-state index < -0.39 is 11.5 Å². The minimum Gasteiger partial charge on any atom is -0.355 e. The second-order valence-electron chi connectivity index (χ2n) is 5.78. The molecule has 25 heavy (non-hydrogen) atoms. The summed E-state index contributed by atoms with van der Waals surface area (Å²) in [6.07, 6.45) is 4.41. The number of amides is 1. The van der Waals surface area contributed by atoms with E-state index in [1.54, 1.807) is 18.3 Å². The van der Waals surface area contributed by atoms with Crippen LogP contribution in [-0.4, -0.2) is 35.0 Å². The molecule has 0 atom stereocenters. The molecule has 2 aromatic heterocycles. The van der Waals surface area contributed by atoms with E-state index in [0.29, 0.717) is 42.3 Å². The predicted octanol–water partition coefficient (Wildman–Crippen LogP) is 1.69. The number of halogens is 1. The van der Waals surface area contributed by atoms with E-state index in [2.05, 4.69) is 21.4 Å². The van der Waals surface area contributed by atoms with Crippen LogP contribution in [0.2, 0.25) is 5.02 Å². The van der Waals surface area contributed by atoms with Gasteiger partial charge in [-0.15, -0.1) is 0 Å². The summed E-state index contributed by atoms with van der Waals surface area (Å²) in [5.74, 6) is 0.235. The molecule has 1 aliphatic rings. The Kier molecular flexibility index (Phi) is 5.00. The van der Waals surface area contributed by atoms with Crippen molar-refractivity contribution in [2.75, 3.05) is 18.0 Å². The van der Waals surface area contributed by atoms with Gasteiger partial charge >= 0.3 is 0 Å². The van der Waals surface area contributed by atoms with Crippen LogP contribution in [0.5, 0.6) is 0 Å². The Bertz CT molecular complexity index is 881. The van der Waals surface area contributed by atoms with Crippen molar-refractivity contribution in [3.05, 3.63) is 57.1 Å². The number of carbonyl (C=O) groups is 1. The zero-order valence-electron chi connectivity index (χ0n) is 13.3. The van der Waals surface area contributed by atoms with Crippen LogP contribution in [0.25, 0.3) is 0 Å². The fourth-order valence-electron chi connectivity index (χ4n) is 2.86. The second-order valence-corrected chi connectivity index (χ2v) is 6.22. The van der Waals surface area contributed by atoms with E-state index in [-0.39, 0.29) is 11.6 Å². The number of hydrogen-bond acceptors (Lipinski definition) is 5. The summed E-state index contributed by atoms with van der Waals surface area (Å²) in [5, 5.41) is 12.4. The van der Waals surface area contributed by atoms with Crippen LogP contribution in [-0.2, 0) is 0 Å². The molecule has 0 unspecified atom stereocenters. The van der Waals surface area contributed by atoms with Gasteiger partial charge < -0.3 is 15.2 Å². The summed E-state index contributed by atoms with van der Waals surface area (Å²) in [7, 11) is 0. The lowest BCUT2D eigenvalue weighted by atomic mass is 10.0. The highest BCUT2D eigenvalue weighted by molar-refractivity contribution is 6.30. The van der Waals surface area contributed by atoms with Gasteiger partial charge in [-0.3, -0.25) is 9.59 Å². The Hall–Kier alpha value is -2.85. The molecule has 2 aromatic rings. The Labute approximate surface area is 149 Å². The molecule has 3 rings (SSSR count). The van der Waals surface area contributed by atoms with Crippen LogP contribution in [0.1, 0.15) is 28.8 Å². The fourth-order valence-corrected chi connectivity index (χ4v) is 3.02. The van der Waals surface area contributed by atoms with E-state index in [0.717, 1.165) is 0 Å². The van der Waals surface area contributed by atoms with Gasteiger partial charge in [-0.1, -0.05) is 11.6 Å². The van der Waals surface area contributed by atoms with Crippen LogP contribution in [0.15, 0.2) is 35.4 Å². The first-order valence-corrected chi connectivity index (χ1v) is 8.25. The van der Waals surface area contributed by atoms with Gasteiger partial charge in [0.2, 0.25) is 0 Å². The van der Waals surface area contributed by atoms with E-state index in [4.69, 9.17) is 11.6 Å². The number of pyridine rings is 2. The summed E-state index contributed by atoms with van der Waals surface area (Å²) in [6, 6.07) is 6.93. The number of nitrogens with zero attached hydrogens (tertiary/aromatic N) is 3. The first-order chi connectivity index (χ1) is 12.1. The third-order valence-electron chi connectivity index (χ3n) is 4.15. The Balaban J connectivity index is 1.63. The van der Waals surface area contributed by atoms with E-state index in [9.17, 15) is 14.9 Å². The molecule has 3 heterocycles. The number of H-pyrrole nitrogens is 1.